The summed E-state index contributed by atoms with van der Waals surface area (Å²) in [6.07, 6.45) is 2.01. The Hall–Kier alpha value is -0.890. The number of benzene rings is 1. The van der Waals surface area contributed by atoms with Gasteiger partial charge in [0.1, 0.15) is 12.1 Å². The Labute approximate surface area is 87.9 Å². The molecule has 0 aliphatic rings. The van der Waals surface area contributed by atoms with Crippen LogP contribution in [0.15, 0.2) is 18.2 Å². The minimum Gasteiger partial charge on any atom is -0.303 e. The lowest BCUT2D eigenvalue weighted by atomic mass is 9.94. The third kappa shape index (κ3) is 2.55. The highest BCUT2D eigenvalue weighted by atomic mass is 35.5. The van der Waals surface area contributed by atoms with E-state index in [1.54, 1.807) is 0 Å². The fourth-order valence-corrected chi connectivity index (χ4v) is 1.73. The van der Waals surface area contributed by atoms with E-state index in [-0.39, 0.29) is 11.7 Å². The first-order chi connectivity index (χ1) is 6.69. The van der Waals surface area contributed by atoms with Gasteiger partial charge in [-0.15, -0.1) is 0 Å². The van der Waals surface area contributed by atoms with Crippen molar-refractivity contribution in [2.75, 3.05) is 0 Å². The number of rotatable bonds is 4. The molecule has 0 spiro atoms. The molecule has 1 aromatic carbocycles. The molecule has 1 rings (SSSR count). The van der Waals surface area contributed by atoms with Gasteiger partial charge in [0.15, 0.2) is 0 Å². The molecule has 0 radical (unpaired) electrons. The third-order valence-electron chi connectivity index (χ3n) is 2.27. The van der Waals surface area contributed by atoms with E-state index >= 15 is 0 Å². The van der Waals surface area contributed by atoms with Crippen molar-refractivity contribution in [2.24, 2.45) is 0 Å². The van der Waals surface area contributed by atoms with Crippen LogP contribution in [0.3, 0.4) is 0 Å². The summed E-state index contributed by atoms with van der Waals surface area (Å²) in [6, 6.07) is 4.25. The van der Waals surface area contributed by atoms with E-state index < -0.39 is 0 Å². The molecule has 0 fully saturated rings. The highest BCUT2D eigenvalue weighted by Gasteiger charge is 2.13. The minimum atomic E-state index is -0.311. The Morgan fingerprint density at radius 2 is 2.29 bits per heavy atom. The van der Waals surface area contributed by atoms with Crippen LogP contribution < -0.4 is 0 Å². The van der Waals surface area contributed by atoms with E-state index in [0.717, 1.165) is 18.3 Å². The molecular formula is C11H12ClFO. The van der Waals surface area contributed by atoms with Gasteiger partial charge in [-0.1, -0.05) is 18.5 Å². The van der Waals surface area contributed by atoms with Crippen LogP contribution in [0, 0.1) is 5.82 Å². The minimum absolute atomic E-state index is 0.0238. The molecule has 1 unspecified atom stereocenters. The van der Waals surface area contributed by atoms with Gasteiger partial charge < -0.3 is 4.79 Å². The average molecular weight is 215 g/mol. The van der Waals surface area contributed by atoms with Gasteiger partial charge in [-0.3, -0.25) is 0 Å². The molecule has 0 aromatic heterocycles. The molecule has 0 saturated carbocycles. The zero-order valence-corrected chi connectivity index (χ0v) is 8.72. The van der Waals surface area contributed by atoms with Crippen molar-refractivity contribution in [1.82, 2.24) is 0 Å². The van der Waals surface area contributed by atoms with E-state index in [1.165, 1.54) is 18.2 Å². The van der Waals surface area contributed by atoms with Crippen molar-refractivity contribution in [3.05, 3.63) is 34.6 Å². The third-order valence-corrected chi connectivity index (χ3v) is 2.62. The number of hydrogen-bond donors (Lipinski definition) is 0. The van der Waals surface area contributed by atoms with E-state index in [2.05, 4.69) is 0 Å². The predicted octanol–water partition coefficient (Wildman–Crippen LogP) is 3.56. The molecule has 0 aliphatic heterocycles. The highest BCUT2D eigenvalue weighted by molar-refractivity contribution is 6.31. The predicted molar refractivity (Wildman–Crippen MR) is 55.1 cm³/mol. The van der Waals surface area contributed by atoms with Gasteiger partial charge in [-0.05, 0) is 36.1 Å². The van der Waals surface area contributed by atoms with Crippen LogP contribution in [0.1, 0.15) is 31.2 Å². The molecule has 1 aromatic rings. The van der Waals surface area contributed by atoms with Gasteiger partial charge in [-0.2, -0.15) is 0 Å². The number of aldehydes is 1. The van der Waals surface area contributed by atoms with Crippen molar-refractivity contribution in [1.29, 1.82) is 0 Å². The zero-order chi connectivity index (χ0) is 10.6. The van der Waals surface area contributed by atoms with Crippen molar-refractivity contribution in [3.8, 4) is 0 Å². The van der Waals surface area contributed by atoms with Crippen LogP contribution >= 0.6 is 11.6 Å². The van der Waals surface area contributed by atoms with Crippen molar-refractivity contribution in [3.63, 3.8) is 0 Å². The number of halogens is 2. The molecule has 3 heteroatoms. The summed E-state index contributed by atoms with van der Waals surface area (Å²) < 4.78 is 12.9. The Morgan fingerprint density at radius 3 is 2.86 bits per heavy atom. The normalized spacial score (nSPS) is 12.5. The Bertz CT molecular complexity index is 325. The van der Waals surface area contributed by atoms with Crippen molar-refractivity contribution < 1.29 is 9.18 Å². The molecular weight excluding hydrogens is 203 g/mol. The molecule has 0 saturated heterocycles. The van der Waals surface area contributed by atoms with Gasteiger partial charge in [0.2, 0.25) is 0 Å². The SMILES string of the molecule is CCC(CC=O)c1cc(F)ccc1Cl. The summed E-state index contributed by atoms with van der Waals surface area (Å²) in [7, 11) is 0. The maximum absolute atomic E-state index is 12.9. The smallest absolute Gasteiger partial charge is 0.123 e. The number of carbonyl (C=O) groups excluding carboxylic acids is 1. The highest BCUT2D eigenvalue weighted by Crippen LogP contribution is 2.29. The van der Waals surface area contributed by atoms with Crippen LogP contribution in [0.5, 0.6) is 0 Å². The van der Waals surface area contributed by atoms with Gasteiger partial charge in [-0.25, -0.2) is 4.39 Å². The molecule has 14 heavy (non-hydrogen) atoms. The summed E-state index contributed by atoms with van der Waals surface area (Å²) in [4.78, 5) is 10.4. The number of hydrogen-bond acceptors (Lipinski definition) is 1. The largest absolute Gasteiger partial charge is 0.303 e. The second-order valence-corrected chi connectivity index (χ2v) is 3.58. The Morgan fingerprint density at radius 1 is 1.57 bits per heavy atom. The van der Waals surface area contributed by atoms with E-state index in [9.17, 15) is 9.18 Å². The fraction of sp³-hybridized carbons (Fsp3) is 0.364. The van der Waals surface area contributed by atoms with Crippen LogP contribution in [0.25, 0.3) is 0 Å². The lowest BCUT2D eigenvalue weighted by molar-refractivity contribution is -0.108. The zero-order valence-electron chi connectivity index (χ0n) is 7.97. The topological polar surface area (TPSA) is 17.1 Å². The van der Waals surface area contributed by atoms with E-state index in [0.29, 0.717) is 11.4 Å². The molecule has 0 heterocycles. The quantitative estimate of drug-likeness (QED) is 0.701. The second kappa shape index (κ2) is 5.11. The molecule has 0 bridgehead atoms. The standard InChI is InChI=1S/C11H12ClFO/c1-2-8(5-6-14)10-7-9(13)3-4-11(10)12/h3-4,6-8H,2,5H2,1H3. The monoisotopic (exact) mass is 214 g/mol. The summed E-state index contributed by atoms with van der Waals surface area (Å²) >= 11 is 5.92. The molecule has 76 valence electrons. The van der Waals surface area contributed by atoms with Crippen molar-refractivity contribution >= 4 is 17.9 Å². The van der Waals surface area contributed by atoms with Gasteiger partial charge in [0.25, 0.3) is 0 Å². The van der Waals surface area contributed by atoms with Gasteiger partial charge in [0, 0.05) is 11.4 Å². The lowest BCUT2D eigenvalue weighted by Gasteiger charge is -2.13. The van der Waals surface area contributed by atoms with E-state index in [1.807, 2.05) is 6.92 Å². The first-order valence-corrected chi connectivity index (χ1v) is 4.95. The summed E-state index contributed by atoms with van der Waals surface area (Å²) in [5.74, 6) is -0.288. The number of carbonyl (C=O) groups is 1. The molecule has 0 N–H and O–H groups in total. The first kappa shape index (κ1) is 11.2. The maximum atomic E-state index is 12.9. The van der Waals surface area contributed by atoms with Crippen molar-refractivity contribution in [2.45, 2.75) is 25.7 Å². The molecule has 0 aliphatic carbocycles. The van der Waals surface area contributed by atoms with E-state index in [4.69, 9.17) is 11.6 Å². The Kier molecular flexibility index (Phi) is 4.08. The van der Waals surface area contributed by atoms with Crippen LogP contribution in [-0.2, 0) is 4.79 Å². The summed E-state index contributed by atoms with van der Waals surface area (Å²) in [5.41, 5.74) is 0.723. The van der Waals surface area contributed by atoms with Crippen LogP contribution in [0.4, 0.5) is 4.39 Å². The lowest BCUT2D eigenvalue weighted by Crippen LogP contribution is -1.99. The van der Waals surface area contributed by atoms with Gasteiger partial charge >= 0.3 is 0 Å². The van der Waals surface area contributed by atoms with Crippen LogP contribution in [-0.4, -0.2) is 6.29 Å². The second-order valence-electron chi connectivity index (χ2n) is 3.17. The summed E-state index contributed by atoms with van der Waals surface area (Å²) in [6.45, 7) is 1.95. The van der Waals surface area contributed by atoms with Crippen LogP contribution in [0.2, 0.25) is 5.02 Å². The van der Waals surface area contributed by atoms with Gasteiger partial charge in [0.05, 0.1) is 0 Å². The fourth-order valence-electron chi connectivity index (χ4n) is 1.46. The molecule has 0 amide bonds. The average Bonchev–Trinajstić information content (AvgIpc) is 2.18. The first-order valence-electron chi connectivity index (χ1n) is 4.57. The molecule has 1 nitrogen and oxygen atoms in total. The maximum Gasteiger partial charge on any atom is 0.123 e. The Balaban J connectivity index is 3.01. The summed E-state index contributed by atoms with van der Waals surface area (Å²) in [5, 5.41) is 0.528. The molecule has 1 atom stereocenters.